The van der Waals surface area contributed by atoms with E-state index in [0.29, 0.717) is 10.9 Å². The van der Waals surface area contributed by atoms with Crippen LogP contribution in [0.4, 0.5) is 5.69 Å². The second-order valence-corrected chi connectivity index (χ2v) is 6.21. The van der Waals surface area contributed by atoms with Crippen molar-refractivity contribution in [3.63, 3.8) is 0 Å². The lowest BCUT2D eigenvalue weighted by atomic mass is 9.68. The van der Waals surface area contributed by atoms with Crippen LogP contribution in [0.3, 0.4) is 0 Å². The number of anilines is 1. The number of nitriles is 1. The summed E-state index contributed by atoms with van der Waals surface area (Å²) >= 11 is 0. The Hall–Kier alpha value is -2.35. The standard InChI is InChI=1S/C16H16N4O/c17-9-11-14(20-8-6-16(10-20)4-2-5-16)13-12(19-15(11)21)3-1-7-18-13/h1,3,7H,2,4-6,8,10H2,(H,19,21). The molecule has 2 aromatic rings. The summed E-state index contributed by atoms with van der Waals surface area (Å²) in [5, 5.41) is 9.40. The zero-order chi connectivity index (χ0) is 14.4. The second-order valence-electron chi connectivity index (χ2n) is 6.21. The third-order valence-corrected chi connectivity index (χ3v) is 5.02. The smallest absolute Gasteiger partial charge is 0.268 e. The number of aromatic nitrogens is 2. The van der Waals surface area contributed by atoms with Crippen LogP contribution in [-0.4, -0.2) is 23.1 Å². The molecule has 3 heterocycles. The number of pyridine rings is 2. The van der Waals surface area contributed by atoms with E-state index in [1.54, 1.807) is 12.3 Å². The highest BCUT2D eigenvalue weighted by Gasteiger charge is 2.43. The molecule has 1 saturated heterocycles. The van der Waals surface area contributed by atoms with Gasteiger partial charge in [-0.2, -0.15) is 5.26 Å². The van der Waals surface area contributed by atoms with Gasteiger partial charge < -0.3 is 9.88 Å². The van der Waals surface area contributed by atoms with E-state index in [-0.39, 0.29) is 11.1 Å². The maximum absolute atomic E-state index is 12.2. The van der Waals surface area contributed by atoms with E-state index < -0.39 is 0 Å². The van der Waals surface area contributed by atoms with Gasteiger partial charge in [-0.05, 0) is 36.8 Å². The molecule has 1 spiro atoms. The summed E-state index contributed by atoms with van der Waals surface area (Å²) in [6.07, 6.45) is 6.69. The molecule has 0 aromatic carbocycles. The van der Waals surface area contributed by atoms with E-state index in [2.05, 4.69) is 20.9 Å². The first kappa shape index (κ1) is 12.4. The number of hydrogen-bond acceptors (Lipinski definition) is 4. The van der Waals surface area contributed by atoms with Gasteiger partial charge in [-0.25, -0.2) is 0 Å². The molecule has 1 N–H and O–H groups in total. The van der Waals surface area contributed by atoms with E-state index in [9.17, 15) is 10.1 Å². The minimum atomic E-state index is -0.317. The highest BCUT2D eigenvalue weighted by molar-refractivity contribution is 5.91. The Labute approximate surface area is 122 Å². The SMILES string of the molecule is N#Cc1c(N2CCC3(CCC3)C2)c2ncccc2[nH]c1=O. The van der Waals surface area contributed by atoms with Gasteiger partial charge in [0.1, 0.15) is 17.1 Å². The van der Waals surface area contributed by atoms with Gasteiger partial charge in [0.05, 0.1) is 11.2 Å². The molecule has 1 aliphatic carbocycles. The van der Waals surface area contributed by atoms with Crippen molar-refractivity contribution >= 4 is 16.7 Å². The number of hydrogen-bond donors (Lipinski definition) is 1. The molecule has 1 aliphatic heterocycles. The largest absolute Gasteiger partial charge is 0.368 e. The number of nitrogens with one attached hydrogen (secondary N) is 1. The highest BCUT2D eigenvalue weighted by Crippen LogP contribution is 2.49. The molecule has 1 saturated carbocycles. The molecule has 21 heavy (non-hydrogen) atoms. The van der Waals surface area contributed by atoms with E-state index >= 15 is 0 Å². The van der Waals surface area contributed by atoms with Gasteiger partial charge in [0.15, 0.2) is 0 Å². The number of H-pyrrole nitrogens is 1. The quantitative estimate of drug-likeness (QED) is 0.869. The number of aromatic amines is 1. The van der Waals surface area contributed by atoms with Crippen molar-refractivity contribution in [3.05, 3.63) is 34.2 Å². The maximum Gasteiger partial charge on any atom is 0.268 e. The Bertz CT molecular complexity index is 813. The summed E-state index contributed by atoms with van der Waals surface area (Å²) in [4.78, 5) is 21.5. The van der Waals surface area contributed by atoms with Crippen LogP contribution in [0.1, 0.15) is 31.2 Å². The van der Waals surface area contributed by atoms with Crippen molar-refractivity contribution < 1.29 is 0 Å². The fourth-order valence-corrected chi connectivity index (χ4v) is 3.73. The van der Waals surface area contributed by atoms with E-state index in [1.165, 1.54) is 19.3 Å². The van der Waals surface area contributed by atoms with Gasteiger partial charge in [-0.1, -0.05) is 6.42 Å². The fourth-order valence-electron chi connectivity index (χ4n) is 3.73. The first-order valence-corrected chi connectivity index (χ1v) is 7.39. The average molecular weight is 280 g/mol. The minimum Gasteiger partial charge on any atom is -0.368 e. The van der Waals surface area contributed by atoms with Gasteiger partial charge in [0.25, 0.3) is 5.56 Å². The normalized spacial score (nSPS) is 19.7. The van der Waals surface area contributed by atoms with Crippen LogP contribution in [0.25, 0.3) is 11.0 Å². The minimum absolute atomic E-state index is 0.192. The van der Waals surface area contributed by atoms with Crippen molar-refractivity contribution in [1.82, 2.24) is 9.97 Å². The zero-order valence-electron chi connectivity index (χ0n) is 11.7. The maximum atomic E-state index is 12.2. The van der Waals surface area contributed by atoms with Gasteiger partial charge in [-0.3, -0.25) is 9.78 Å². The summed E-state index contributed by atoms with van der Waals surface area (Å²) in [6, 6.07) is 5.70. The Kier molecular flexibility index (Phi) is 2.55. The zero-order valence-corrected chi connectivity index (χ0v) is 11.7. The van der Waals surface area contributed by atoms with Crippen LogP contribution in [0.15, 0.2) is 23.1 Å². The number of rotatable bonds is 1. The fraction of sp³-hybridized carbons (Fsp3) is 0.438. The molecule has 2 aliphatic rings. The lowest BCUT2D eigenvalue weighted by molar-refractivity contribution is 0.165. The molecular weight excluding hydrogens is 264 g/mol. The van der Waals surface area contributed by atoms with Crippen molar-refractivity contribution in [2.75, 3.05) is 18.0 Å². The Morgan fingerprint density at radius 1 is 1.38 bits per heavy atom. The van der Waals surface area contributed by atoms with Crippen molar-refractivity contribution in [2.45, 2.75) is 25.7 Å². The van der Waals surface area contributed by atoms with Gasteiger partial charge in [-0.15, -0.1) is 0 Å². The summed E-state index contributed by atoms with van der Waals surface area (Å²) in [5.74, 6) is 0. The summed E-state index contributed by atoms with van der Waals surface area (Å²) in [5.41, 5.74) is 2.44. The molecule has 106 valence electrons. The summed E-state index contributed by atoms with van der Waals surface area (Å²) < 4.78 is 0. The highest BCUT2D eigenvalue weighted by atomic mass is 16.1. The molecule has 0 amide bonds. The number of fused-ring (bicyclic) bond motifs is 1. The predicted octanol–water partition coefficient (Wildman–Crippen LogP) is 2.18. The second kappa shape index (κ2) is 4.32. The third kappa shape index (κ3) is 1.75. The van der Waals surface area contributed by atoms with Crippen molar-refractivity contribution in [1.29, 1.82) is 5.26 Å². The third-order valence-electron chi connectivity index (χ3n) is 5.02. The van der Waals surface area contributed by atoms with Crippen LogP contribution in [0.2, 0.25) is 0 Å². The van der Waals surface area contributed by atoms with E-state index in [1.807, 2.05) is 6.07 Å². The van der Waals surface area contributed by atoms with Crippen LogP contribution in [-0.2, 0) is 0 Å². The molecule has 0 atom stereocenters. The molecular formula is C16H16N4O. The molecule has 0 radical (unpaired) electrons. The molecule has 0 unspecified atom stereocenters. The Balaban J connectivity index is 1.91. The molecule has 0 bridgehead atoms. The van der Waals surface area contributed by atoms with Gasteiger partial charge >= 0.3 is 0 Å². The van der Waals surface area contributed by atoms with Crippen LogP contribution >= 0.6 is 0 Å². The summed E-state index contributed by atoms with van der Waals surface area (Å²) in [7, 11) is 0. The molecule has 5 nitrogen and oxygen atoms in total. The van der Waals surface area contributed by atoms with Crippen molar-refractivity contribution in [2.24, 2.45) is 5.41 Å². The van der Waals surface area contributed by atoms with Crippen LogP contribution < -0.4 is 10.5 Å². The lowest BCUT2D eigenvalue weighted by Gasteiger charge is -2.38. The van der Waals surface area contributed by atoms with Crippen LogP contribution in [0.5, 0.6) is 0 Å². The van der Waals surface area contributed by atoms with Gasteiger partial charge in [0, 0.05) is 19.3 Å². The first-order chi connectivity index (χ1) is 10.2. The predicted molar refractivity (Wildman–Crippen MR) is 80.2 cm³/mol. The van der Waals surface area contributed by atoms with E-state index in [0.717, 1.165) is 30.7 Å². The monoisotopic (exact) mass is 280 g/mol. The molecule has 4 rings (SSSR count). The average Bonchev–Trinajstić information content (AvgIpc) is 2.91. The molecule has 2 aromatic heterocycles. The molecule has 2 fully saturated rings. The topological polar surface area (TPSA) is 72.8 Å². The lowest BCUT2D eigenvalue weighted by Crippen LogP contribution is -2.34. The molecule has 5 heteroatoms. The van der Waals surface area contributed by atoms with Gasteiger partial charge in [0.2, 0.25) is 0 Å². The van der Waals surface area contributed by atoms with Crippen LogP contribution in [0, 0.1) is 16.7 Å². The number of nitrogens with zero attached hydrogens (tertiary/aromatic N) is 3. The van der Waals surface area contributed by atoms with Crippen molar-refractivity contribution in [3.8, 4) is 6.07 Å². The Morgan fingerprint density at radius 2 is 2.24 bits per heavy atom. The van der Waals surface area contributed by atoms with E-state index in [4.69, 9.17) is 0 Å². The Morgan fingerprint density at radius 3 is 2.90 bits per heavy atom. The first-order valence-electron chi connectivity index (χ1n) is 7.39. The summed E-state index contributed by atoms with van der Waals surface area (Å²) in [6.45, 7) is 1.85.